The highest BCUT2D eigenvalue weighted by Gasteiger charge is 2.31. The lowest BCUT2D eigenvalue weighted by Gasteiger charge is -2.11. The predicted molar refractivity (Wildman–Crippen MR) is 73.9 cm³/mol. The summed E-state index contributed by atoms with van der Waals surface area (Å²) in [5, 5.41) is 0.185. The maximum atomic E-state index is 12.7. The third kappa shape index (κ3) is 3.10. The van der Waals surface area contributed by atoms with E-state index >= 15 is 0 Å². The predicted octanol–water partition coefficient (Wildman–Crippen LogP) is 4.83. The van der Waals surface area contributed by atoms with Crippen molar-refractivity contribution in [2.75, 3.05) is 0 Å². The Morgan fingerprint density at radius 1 is 1.05 bits per heavy atom. The fourth-order valence-corrected chi connectivity index (χ4v) is 2.31. The summed E-state index contributed by atoms with van der Waals surface area (Å²) in [5.41, 5.74) is 0.306. The summed E-state index contributed by atoms with van der Waals surface area (Å²) in [6.45, 7) is 0. The van der Waals surface area contributed by atoms with Gasteiger partial charge >= 0.3 is 6.18 Å². The van der Waals surface area contributed by atoms with Crippen LogP contribution in [0.5, 0.6) is 0 Å². The molecular formula is C15H10BrF3O. The van der Waals surface area contributed by atoms with Gasteiger partial charge in [-0.25, -0.2) is 0 Å². The number of benzene rings is 2. The second kappa shape index (κ2) is 5.79. The van der Waals surface area contributed by atoms with Crippen LogP contribution >= 0.6 is 15.9 Å². The van der Waals surface area contributed by atoms with Gasteiger partial charge in [-0.05, 0) is 17.7 Å². The van der Waals surface area contributed by atoms with E-state index in [0.717, 1.165) is 12.1 Å². The minimum absolute atomic E-state index is 0.185. The summed E-state index contributed by atoms with van der Waals surface area (Å²) >= 11 is 3.13. The van der Waals surface area contributed by atoms with E-state index in [0.29, 0.717) is 11.1 Å². The van der Waals surface area contributed by atoms with Gasteiger partial charge in [0.2, 0.25) is 0 Å². The van der Waals surface area contributed by atoms with Crippen molar-refractivity contribution in [1.29, 1.82) is 0 Å². The molecule has 0 N–H and O–H groups in total. The average Bonchev–Trinajstić information content (AvgIpc) is 2.45. The molecule has 0 amide bonds. The SMILES string of the molecule is O=C(c1ccccc1)c1ccc(C(F)(F)F)cc1CBr. The monoisotopic (exact) mass is 342 g/mol. The van der Waals surface area contributed by atoms with E-state index in [1.54, 1.807) is 30.3 Å². The zero-order valence-electron chi connectivity index (χ0n) is 10.2. The van der Waals surface area contributed by atoms with Crippen LogP contribution in [0.3, 0.4) is 0 Å². The molecule has 0 aliphatic carbocycles. The fourth-order valence-electron chi connectivity index (χ4n) is 1.85. The molecule has 104 valence electrons. The van der Waals surface area contributed by atoms with Crippen molar-refractivity contribution >= 4 is 21.7 Å². The minimum Gasteiger partial charge on any atom is -0.289 e. The Morgan fingerprint density at radius 3 is 2.25 bits per heavy atom. The number of alkyl halides is 4. The van der Waals surface area contributed by atoms with Gasteiger partial charge < -0.3 is 0 Å². The third-order valence-electron chi connectivity index (χ3n) is 2.86. The van der Waals surface area contributed by atoms with Gasteiger partial charge in [-0.15, -0.1) is 0 Å². The van der Waals surface area contributed by atoms with Gasteiger partial charge in [0.05, 0.1) is 5.56 Å². The number of hydrogen-bond donors (Lipinski definition) is 0. The molecular weight excluding hydrogens is 333 g/mol. The molecule has 5 heteroatoms. The molecule has 1 nitrogen and oxygen atoms in total. The lowest BCUT2D eigenvalue weighted by molar-refractivity contribution is -0.137. The molecule has 0 aromatic heterocycles. The molecule has 0 saturated carbocycles. The first kappa shape index (κ1) is 14.8. The minimum atomic E-state index is -4.41. The van der Waals surface area contributed by atoms with Crippen LogP contribution in [0.4, 0.5) is 13.2 Å². The topological polar surface area (TPSA) is 17.1 Å². The van der Waals surface area contributed by atoms with E-state index in [-0.39, 0.29) is 16.7 Å². The van der Waals surface area contributed by atoms with Crippen LogP contribution in [-0.2, 0) is 11.5 Å². The van der Waals surface area contributed by atoms with Crippen molar-refractivity contribution in [1.82, 2.24) is 0 Å². The Labute approximate surface area is 122 Å². The Bertz CT molecular complexity index is 621. The smallest absolute Gasteiger partial charge is 0.289 e. The lowest BCUT2D eigenvalue weighted by atomic mass is 9.97. The van der Waals surface area contributed by atoms with Gasteiger partial charge in [0, 0.05) is 16.5 Å². The molecule has 0 unspecified atom stereocenters. The van der Waals surface area contributed by atoms with E-state index < -0.39 is 11.7 Å². The van der Waals surface area contributed by atoms with Crippen molar-refractivity contribution < 1.29 is 18.0 Å². The van der Waals surface area contributed by atoms with Crippen molar-refractivity contribution in [3.05, 3.63) is 70.8 Å². The maximum absolute atomic E-state index is 12.7. The lowest BCUT2D eigenvalue weighted by Crippen LogP contribution is -2.09. The Morgan fingerprint density at radius 2 is 1.70 bits per heavy atom. The molecule has 0 radical (unpaired) electrons. The molecule has 0 fully saturated rings. The Kier molecular flexibility index (Phi) is 4.28. The molecule has 20 heavy (non-hydrogen) atoms. The first-order chi connectivity index (χ1) is 9.43. The van der Waals surface area contributed by atoms with Gasteiger partial charge in [0.15, 0.2) is 5.78 Å². The number of ketones is 1. The molecule has 0 bridgehead atoms. The van der Waals surface area contributed by atoms with Gasteiger partial charge in [-0.1, -0.05) is 52.3 Å². The fraction of sp³-hybridized carbons (Fsp3) is 0.133. The van der Waals surface area contributed by atoms with Crippen molar-refractivity contribution in [3.63, 3.8) is 0 Å². The number of carbonyl (C=O) groups excluding carboxylic acids is 1. The largest absolute Gasteiger partial charge is 0.416 e. The van der Waals surface area contributed by atoms with E-state index in [1.165, 1.54) is 6.07 Å². The van der Waals surface area contributed by atoms with Crippen LogP contribution in [0.2, 0.25) is 0 Å². The van der Waals surface area contributed by atoms with E-state index in [4.69, 9.17) is 0 Å². The Balaban J connectivity index is 2.45. The van der Waals surface area contributed by atoms with Crippen LogP contribution in [0.1, 0.15) is 27.0 Å². The van der Waals surface area contributed by atoms with Gasteiger partial charge in [0.25, 0.3) is 0 Å². The van der Waals surface area contributed by atoms with Crippen LogP contribution in [0.15, 0.2) is 48.5 Å². The quantitative estimate of drug-likeness (QED) is 0.576. The van der Waals surface area contributed by atoms with Gasteiger partial charge in [-0.3, -0.25) is 4.79 Å². The third-order valence-corrected chi connectivity index (χ3v) is 3.46. The number of hydrogen-bond acceptors (Lipinski definition) is 1. The zero-order chi connectivity index (χ0) is 14.8. The highest BCUT2D eigenvalue weighted by Crippen LogP contribution is 2.31. The molecule has 0 aliphatic rings. The Hall–Kier alpha value is -1.62. The highest BCUT2D eigenvalue weighted by atomic mass is 79.9. The summed E-state index contributed by atoms with van der Waals surface area (Å²) in [5.74, 6) is -0.284. The standard InChI is InChI=1S/C15H10BrF3O/c16-9-11-8-12(15(17,18)19)6-7-13(11)14(20)10-4-2-1-3-5-10/h1-8H,9H2. The van der Waals surface area contributed by atoms with E-state index in [9.17, 15) is 18.0 Å². The normalized spacial score (nSPS) is 11.4. The molecule has 2 aromatic rings. The van der Waals surface area contributed by atoms with Crippen molar-refractivity contribution in [2.45, 2.75) is 11.5 Å². The highest BCUT2D eigenvalue weighted by molar-refractivity contribution is 9.08. The number of rotatable bonds is 3. The zero-order valence-corrected chi connectivity index (χ0v) is 11.8. The first-order valence-electron chi connectivity index (χ1n) is 5.79. The maximum Gasteiger partial charge on any atom is 0.416 e. The van der Waals surface area contributed by atoms with Crippen LogP contribution < -0.4 is 0 Å². The summed E-state index contributed by atoms with van der Waals surface area (Å²) in [7, 11) is 0. The molecule has 0 aliphatic heterocycles. The van der Waals surface area contributed by atoms with Crippen molar-refractivity contribution in [2.24, 2.45) is 0 Å². The van der Waals surface area contributed by atoms with Crippen LogP contribution in [0, 0.1) is 0 Å². The second-order valence-corrected chi connectivity index (χ2v) is 4.76. The molecule has 2 aromatic carbocycles. The average molecular weight is 343 g/mol. The number of carbonyl (C=O) groups is 1. The van der Waals surface area contributed by atoms with Gasteiger partial charge in [-0.2, -0.15) is 13.2 Å². The second-order valence-electron chi connectivity index (χ2n) is 4.20. The number of halogens is 4. The molecule has 2 rings (SSSR count). The van der Waals surface area contributed by atoms with Crippen LogP contribution in [-0.4, -0.2) is 5.78 Å². The molecule has 0 spiro atoms. The van der Waals surface area contributed by atoms with Crippen LogP contribution in [0.25, 0.3) is 0 Å². The summed E-state index contributed by atoms with van der Waals surface area (Å²) in [4.78, 5) is 12.3. The summed E-state index contributed by atoms with van der Waals surface area (Å²) in [6, 6.07) is 11.6. The molecule has 0 heterocycles. The first-order valence-corrected chi connectivity index (χ1v) is 6.91. The van der Waals surface area contributed by atoms with Gasteiger partial charge in [0.1, 0.15) is 0 Å². The van der Waals surface area contributed by atoms with E-state index in [2.05, 4.69) is 15.9 Å². The molecule has 0 saturated heterocycles. The molecule has 0 atom stereocenters. The summed E-state index contributed by atoms with van der Waals surface area (Å²) < 4.78 is 38.0. The van der Waals surface area contributed by atoms with E-state index in [1.807, 2.05) is 0 Å². The summed E-state index contributed by atoms with van der Waals surface area (Å²) in [6.07, 6.45) is -4.41. The van der Waals surface area contributed by atoms with Crippen molar-refractivity contribution in [3.8, 4) is 0 Å².